The Bertz CT molecular complexity index is 624. The van der Waals surface area contributed by atoms with Gasteiger partial charge in [-0.05, 0) is 38.7 Å². The summed E-state index contributed by atoms with van der Waals surface area (Å²) in [6, 6.07) is -0.119. The van der Waals surface area contributed by atoms with Crippen molar-refractivity contribution in [3.63, 3.8) is 0 Å². The number of hydrogen-bond donors (Lipinski definition) is 2. The second-order valence-corrected chi connectivity index (χ2v) is 7.94. The SMILES string of the molecule is CC(C)=CC(=O)OC1CCN2CC=C(COC(=O)C(O)(C(C)C)C(C)O)C12. The predicted octanol–water partition coefficient (Wildman–Crippen LogP) is 1.19. The van der Waals surface area contributed by atoms with E-state index in [1.807, 2.05) is 19.9 Å². The molecule has 7 heteroatoms. The van der Waals surface area contributed by atoms with Gasteiger partial charge in [-0.15, -0.1) is 0 Å². The van der Waals surface area contributed by atoms with Crippen LogP contribution in [0.5, 0.6) is 0 Å². The van der Waals surface area contributed by atoms with Crippen molar-refractivity contribution in [2.45, 2.75) is 64.9 Å². The van der Waals surface area contributed by atoms with E-state index in [2.05, 4.69) is 4.90 Å². The molecule has 2 aliphatic rings. The number of ether oxygens (including phenoxy) is 2. The van der Waals surface area contributed by atoms with Crippen LogP contribution in [0.4, 0.5) is 0 Å². The molecule has 2 N–H and O–H groups in total. The zero-order valence-electron chi connectivity index (χ0n) is 16.8. The van der Waals surface area contributed by atoms with Gasteiger partial charge >= 0.3 is 11.9 Å². The zero-order valence-corrected chi connectivity index (χ0v) is 16.8. The van der Waals surface area contributed by atoms with Crippen molar-refractivity contribution in [1.29, 1.82) is 0 Å². The first kappa shape index (κ1) is 21.6. The van der Waals surface area contributed by atoms with Crippen LogP contribution in [0.15, 0.2) is 23.3 Å². The number of nitrogens with zero attached hydrogens (tertiary/aromatic N) is 1. The molecule has 0 aromatic carbocycles. The minimum atomic E-state index is -1.95. The Balaban J connectivity index is 2.02. The van der Waals surface area contributed by atoms with Gasteiger partial charge in [0.2, 0.25) is 0 Å². The van der Waals surface area contributed by atoms with Crippen molar-refractivity contribution in [3.8, 4) is 0 Å². The maximum absolute atomic E-state index is 12.4. The summed E-state index contributed by atoms with van der Waals surface area (Å²) in [5.41, 5.74) is -0.228. The number of rotatable bonds is 7. The standard InChI is InChI=1S/C20H31NO6/c1-12(2)10-17(23)27-16-7-9-21-8-6-15(18(16)21)11-26-19(24)20(25,13(3)4)14(5)22/h6,10,13-14,16,18,22,25H,7-9,11H2,1-5H3. The third-order valence-corrected chi connectivity index (χ3v) is 5.30. The van der Waals surface area contributed by atoms with E-state index in [9.17, 15) is 19.8 Å². The van der Waals surface area contributed by atoms with Crippen LogP contribution < -0.4 is 0 Å². The van der Waals surface area contributed by atoms with Crippen molar-refractivity contribution in [1.82, 2.24) is 4.90 Å². The molecule has 27 heavy (non-hydrogen) atoms. The lowest BCUT2D eigenvalue weighted by Crippen LogP contribution is -2.53. The van der Waals surface area contributed by atoms with Crippen LogP contribution in [0.1, 0.15) is 41.0 Å². The van der Waals surface area contributed by atoms with Crippen molar-refractivity contribution < 1.29 is 29.3 Å². The highest BCUT2D eigenvalue weighted by atomic mass is 16.6. The molecule has 2 heterocycles. The van der Waals surface area contributed by atoms with Crippen LogP contribution in [0.3, 0.4) is 0 Å². The molecular weight excluding hydrogens is 350 g/mol. The van der Waals surface area contributed by atoms with E-state index in [0.717, 1.165) is 24.1 Å². The van der Waals surface area contributed by atoms with E-state index in [1.54, 1.807) is 13.8 Å². The van der Waals surface area contributed by atoms with Crippen molar-refractivity contribution in [2.24, 2.45) is 5.92 Å². The van der Waals surface area contributed by atoms with Crippen LogP contribution in [-0.4, -0.2) is 70.6 Å². The summed E-state index contributed by atoms with van der Waals surface area (Å²) in [7, 11) is 0. The molecule has 2 aliphatic heterocycles. The van der Waals surface area contributed by atoms with E-state index in [1.165, 1.54) is 13.0 Å². The molecule has 1 fully saturated rings. The Hall–Kier alpha value is -1.70. The first-order valence-electron chi connectivity index (χ1n) is 9.43. The first-order chi connectivity index (χ1) is 12.6. The van der Waals surface area contributed by atoms with Gasteiger partial charge in [0.15, 0.2) is 5.60 Å². The fraction of sp³-hybridized carbons (Fsp3) is 0.700. The maximum atomic E-state index is 12.4. The molecule has 0 spiro atoms. The van der Waals surface area contributed by atoms with Gasteiger partial charge in [0.25, 0.3) is 0 Å². The fourth-order valence-electron chi connectivity index (χ4n) is 3.70. The van der Waals surface area contributed by atoms with Gasteiger partial charge in [-0.25, -0.2) is 9.59 Å². The molecule has 0 aliphatic carbocycles. The van der Waals surface area contributed by atoms with Gasteiger partial charge in [0.1, 0.15) is 12.7 Å². The quantitative estimate of drug-likeness (QED) is 0.388. The first-order valence-corrected chi connectivity index (χ1v) is 9.43. The summed E-state index contributed by atoms with van der Waals surface area (Å²) < 4.78 is 10.9. The topological polar surface area (TPSA) is 96.3 Å². The monoisotopic (exact) mass is 381 g/mol. The van der Waals surface area contributed by atoms with Crippen molar-refractivity contribution in [2.75, 3.05) is 19.7 Å². The van der Waals surface area contributed by atoms with Gasteiger partial charge in [-0.3, -0.25) is 4.90 Å². The molecule has 152 valence electrons. The van der Waals surface area contributed by atoms with Gasteiger partial charge in [0, 0.05) is 19.2 Å². The van der Waals surface area contributed by atoms with Crippen molar-refractivity contribution in [3.05, 3.63) is 23.3 Å². The number of allylic oxidation sites excluding steroid dienone is 1. The van der Waals surface area contributed by atoms with E-state index >= 15 is 0 Å². The summed E-state index contributed by atoms with van der Waals surface area (Å²) in [5, 5.41) is 20.4. The van der Waals surface area contributed by atoms with Gasteiger partial charge in [-0.1, -0.05) is 25.5 Å². The number of aliphatic hydroxyl groups is 2. The van der Waals surface area contributed by atoms with Crippen LogP contribution in [-0.2, 0) is 19.1 Å². The molecule has 4 atom stereocenters. The number of carbonyl (C=O) groups is 2. The summed E-state index contributed by atoms with van der Waals surface area (Å²) in [6.07, 6.45) is 2.62. The van der Waals surface area contributed by atoms with E-state index in [4.69, 9.17) is 9.47 Å². The highest BCUT2D eigenvalue weighted by molar-refractivity contribution is 5.83. The molecule has 7 nitrogen and oxygen atoms in total. The Morgan fingerprint density at radius 1 is 1.37 bits per heavy atom. The molecule has 2 rings (SSSR count). The van der Waals surface area contributed by atoms with Gasteiger partial charge in [-0.2, -0.15) is 0 Å². The van der Waals surface area contributed by atoms with Crippen LogP contribution >= 0.6 is 0 Å². The number of fused-ring (bicyclic) bond motifs is 1. The smallest absolute Gasteiger partial charge is 0.341 e. The second-order valence-electron chi connectivity index (χ2n) is 7.94. The highest BCUT2D eigenvalue weighted by Gasteiger charge is 2.47. The molecule has 0 saturated carbocycles. The zero-order chi connectivity index (χ0) is 20.4. The summed E-state index contributed by atoms with van der Waals surface area (Å²) in [6.45, 7) is 9.85. The predicted molar refractivity (Wildman–Crippen MR) is 99.8 cm³/mol. The highest BCUT2D eigenvalue weighted by Crippen LogP contribution is 2.32. The van der Waals surface area contributed by atoms with Gasteiger partial charge in [0.05, 0.1) is 12.1 Å². The minimum absolute atomic E-state index is 0.00154. The second kappa shape index (κ2) is 8.54. The third-order valence-electron chi connectivity index (χ3n) is 5.30. The molecule has 1 saturated heterocycles. The molecule has 0 amide bonds. The Kier molecular flexibility index (Phi) is 6.83. The third kappa shape index (κ3) is 4.59. The lowest BCUT2D eigenvalue weighted by molar-refractivity contribution is -0.183. The lowest BCUT2D eigenvalue weighted by Gasteiger charge is -2.32. The van der Waals surface area contributed by atoms with Crippen LogP contribution in [0.2, 0.25) is 0 Å². The van der Waals surface area contributed by atoms with E-state index < -0.39 is 23.6 Å². The number of carbonyl (C=O) groups excluding carboxylic acids is 2. The van der Waals surface area contributed by atoms with Gasteiger partial charge < -0.3 is 19.7 Å². The van der Waals surface area contributed by atoms with Crippen LogP contribution in [0, 0.1) is 5.92 Å². The minimum Gasteiger partial charge on any atom is -0.459 e. The number of esters is 2. The van der Waals surface area contributed by atoms with Crippen molar-refractivity contribution >= 4 is 11.9 Å². The number of hydrogen-bond acceptors (Lipinski definition) is 7. The van der Waals surface area contributed by atoms with Crippen LogP contribution in [0.25, 0.3) is 0 Å². The van der Waals surface area contributed by atoms with E-state index in [-0.39, 0.29) is 24.7 Å². The Morgan fingerprint density at radius 3 is 2.59 bits per heavy atom. The maximum Gasteiger partial charge on any atom is 0.341 e. The normalized spacial score (nSPS) is 25.4. The summed E-state index contributed by atoms with van der Waals surface area (Å²) in [5.74, 6) is -1.71. The fourth-order valence-corrected chi connectivity index (χ4v) is 3.70. The van der Waals surface area contributed by atoms with E-state index in [0.29, 0.717) is 6.54 Å². The molecule has 0 aromatic rings. The molecule has 0 radical (unpaired) electrons. The average molecular weight is 381 g/mol. The molecule has 0 bridgehead atoms. The summed E-state index contributed by atoms with van der Waals surface area (Å²) >= 11 is 0. The number of aliphatic hydroxyl groups excluding tert-OH is 1. The largest absolute Gasteiger partial charge is 0.459 e. The average Bonchev–Trinajstić information content (AvgIpc) is 3.13. The lowest BCUT2D eigenvalue weighted by atomic mass is 9.85. The summed E-state index contributed by atoms with van der Waals surface area (Å²) in [4.78, 5) is 26.6. The molecule has 4 unspecified atom stereocenters. The Morgan fingerprint density at radius 2 is 2.04 bits per heavy atom. The molecular formula is C20H31NO6. The Labute approximate surface area is 160 Å². The molecule has 0 aromatic heterocycles.